The van der Waals surface area contributed by atoms with Gasteiger partial charge >= 0.3 is 41.8 Å². The topological polar surface area (TPSA) is 232 Å². The van der Waals surface area contributed by atoms with Crippen molar-refractivity contribution in [2.45, 2.75) is 61.4 Å². The van der Waals surface area contributed by atoms with E-state index >= 15 is 0 Å². The van der Waals surface area contributed by atoms with Gasteiger partial charge in [0.25, 0.3) is 0 Å². The van der Waals surface area contributed by atoms with E-state index < -0.39 is 116 Å². The smallest absolute Gasteiger partial charge is 0.338 e. The fraction of sp³-hybridized carbons (Fsp3) is 0.197. The average molecular weight is 1070 g/mol. The lowest BCUT2D eigenvalue weighted by Gasteiger charge is -2.30. The van der Waals surface area contributed by atoms with Crippen LogP contribution < -0.4 is 0 Å². The van der Waals surface area contributed by atoms with Gasteiger partial charge in [0.1, 0.15) is 18.8 Å². The Morgan fingerprint density at radius 3 is 0.987 bits per heavy atom. The van der Waals surface area contributed by atoms with E-state index in [2.05, 4.69) is 0 Å². The molecule has 0 bridgehead atoms. The Morgan fingerprint density at radius 2 is 0.620 bits per heavy atom. The molecule has 9 rings (SSSR count). The molecule has 0 spiro atoms. The molecule has 2 heterocycles. The molecule has 0 saturated carbocycles. The SMILES string of the molecule is O=C(OC[C@@H](OC(=O)c1ccccc1)[C@@H]1O[C@@H](OC[C@@H](OC(=O)c2ccccc2)[C@@H]2OC(O)[C@H](OC(=O)c3ccccc3)[C@H]2OC(=O)c2ccccc2)[C@H](OC(=O)c2ccccc2)[C@H]1OC(=O)c1ccccc1)c1ccccc1. The Kier molecular flexibility index (Phi) is 18.0. The van der Waals surface area contributed by atoms with Gasteiger partial charge in [-0.3, -0.25) is 0 Å². The molecule has 0 aliphatic carbocycles. The van der Waals surface area contributed by atoms with Crippen LogP contribution in [0.4, 0.5) is 0 Å². The number of benzene rings is 7. The van der Waals surface area contributed by atoms with E-state index in [1.165, 1.54) is 84.9 Å². The van der Waals surface area contributed by atoms with Crippen LogP contribution in [0.2, 0.25) is 0 Å². The van der Waals surface area contributed by atoms with Crippen LogP contribution in [0.3, 0.4) is 0 Å². The average Bonchev–Trinajstić information content (AvgIpc) is 4.09. The molecule has 79 heavy (non-hydrogen) atoms. The van der Waals surface area contributed by atoms with E-state index in [9.17, 15) is 38.7 Å². The Hall–Kier alpha value is -9.33. The number of aliphatic hydroxyl groups is 1. The molecular weight excluding hydrogens is 1020 g/mol. The largest absolute Gasteiger partial charge is 0.458 e. The number of aliphatic hydroxyl groups excluding tert-OH is 1. The summed E-state index contributed by atoms with van der Waals surface area (Å²) in [5, 5.41) is 11.6. The summed E-state index contributed by atoms with van der Waals surface area (Å²) >= 11 is 0. The van der Waals surface area contributed by atoms with E-state index in [1.807, 2.05) is 0 Å². The third-order valence-electron chi connectivity index (χ3n) is 12.5. The predicted octanol–water partition coefficient (Wildman–Crippen LogP) is 7.66. The molecule has 0 aromatic heterocycles. The third-order valence-corrected chi connectivity index (χ3v) is 12.5. The molecule has 2 aliphatic heterocycles. The molecule has 2 saturated heterocycles. The monoisotopic (exact) mass is 1070 g/mol. The fourth-order valence-electron chi connectivity index (χ4n) is 8.59. The van der Waals surface area contributed by atoms with Crippen LogP contribution >= 0.6 is 0 Å². The highest BCUT2D eigenvalue weighted by Crippen LogP contribution is 2.36. The zero-order valence-electron chi connectivity index (χ0n) is 41.8. The van der Waals surface area contributed by atoms with E-state index in [-0.39, 0.29) is 38.9 Å². The standard InChI is InChI=1S/C61H50O18/c62-53(38-22-8-1-9-23-38)70-36-45(72-54(63)39-24-10-2-11-25-39)48-50(76-57(66)42-30-16-5-17-31-42)52(78-59(68)44-34-20-7-21-35-44)61(79-48)71-37-46(73-55(64)40-26-12-3-13-27-40)47-49(75-56(65)41-28-14-4-15-29-41)51(60(69)74-47)77-58(67)43-32-18-6-19-33-43/h1-35,45-52,60-61,69H,36-37H2/t45-,46-,47+,48+,49+,50+,51-,52-,60?,61-/m1/s1. The van der Waals surface area contributed by atoms with Gasteiger partial charge in [0, 0.05) is 0 Å². The second-order valence-corrected chi connectivity index (χ2v) is 17.8. The summed E-state index contributed by atoms with van der Waals surface area (Å²) in [7, 11) is 0. The van der Waals surface area contributed by atoms with Gasteiger partial charge in [-0.05, 0) is 84.9 Å². The van der Waals surface area contributed by atoms with Crippen molar-refractivity contribution in [1.82, 2.24) is 0 Å². The first-order chi connectivity index (χ1) is 38.5. The normalized spacial score (nSPS) is 21.0. The Labute approximate surface area is 452 Å². The van der Waals surface area contributed by atoms with E-state index in [0.29, 0.717) is 0 Å². The number of esters is 7. The zero-order valence-corrected chi connectivity index (χ0v) is 41.8. The summed E-state index contributed by atoms with van der Waals surface area (Å²) in [6.07, 6.45) is -17.6. The number of carbonyl (C=O) groups excluding carboxylic acids is 7. The second-order valence-electron chi connectivity index (χ2n) is 17.8. The summed E-state index contributed by atoms with van der Waals surface area (Å²) in [5.74, 6) is -6.46. The maximum Gasteiger partial charge on any atom is 0.338 e. The van der Waals surface area contributed by atoms with Crippen LogP contribution in [-0.2, 0) is 47.4 Å². The van der Waals surface area contributed by atoms with Crippen molar-refractivity contribution in [3.63, 3.8) is 0 Å². The Morgan fingerprint density at radius 1 is 0.342 bits per heavy atom. The van der Waals surface area contributed by atoms with Crippen LogP contribution in [-0.4, -0.2) is 122 Å². The number of hydrogen-bond acceptors (Lipinski definition) is 18. The van der Waals surface area contributed by atoms with Gasteiger partial charge in [-0.1, -0.05) is 127 Å². The van der Waals surface area contributed by atoms with Gasteiger partial charge in [0.15, 0.2) is 49.2 Å². The minimum Gasteiger partial charge on any atom is -0.458 e. The van der Waals surface area contributed by atoms with Crippen molar-refractivity contribution in [3.8, 4) is 0 Å². The van der Waals surface area contributed by atoms with Crippen LogP contribution in [0.5, 0.6) is 0 Å². The summed E-state index contributed by atoms with van der Waals surface area (Å²) in [5.41, 5.74) is 0.506. The van der Waals surface area contributed by atoms with Crippen molar-refractivity contribution in [2.24, 2.45) is 0 Å². The molecule has 2 aliphatic rings. The van der Waals surface area contributed by atoms with E-state index in [1.54, 1.807) is 127 Å². The molecule has 1 N–H and O–H groups in total. The zero-order chi connectivity index (χ0) is 55.1. The molecule has 7 aromatic carbocycles. The van der Waals surface area contributed by atoms with Crippen LogP contribution in [0, 0.1) is 0 Å². The maximum atomic E-state index is 14.2. The predicted molar refractivity (Wildman–Crippen MR) is 276 cm³/mol. The van der Waals surface area contributed by atoms with Crippen molar-refractivity contribution in [2.75, 3.05) is 13.2 Å². The van der Waals surface area contributed by atoms with Crippen molar-refractivity contribution in [3.05, 3.63) is 251 Å². The van der Waals surface area contributed by atoms with Crippen LogP contribution in [0.25, 0.3) is 0 Å². The number of hydrogen-bond donors (Lipinski definition) is 1. The van der Waals surface area contributed by atoms with Crippen LogP contribution in [0.15, 0.2) is 212 Å². The molecule has 18 heteroatoms. The summed E-state index contributed by atoms with van der Waals surface area (Å²) in [4.78, 5) is 97.5. The highest BCUT2D eigenvalue weighted by atomic mass is 16.8. The maximum absolute atomic E-state index is 14.2. The van der Waals surface area contributed by atoms with Crippen molar-refractivity contribution < 1.29 is 86.0 Å². The van der Waals surface area contributed by atoms with Gasteiger partial charge < -0.3 is 52.5 Å². The summed E-state index contributed by atoms with van der Waals surface area (Å²) < 4.78 is 61.1. The van der Waals surface area contributed by atoms with E-state index in [0.717, 1.165) is 0 Å². The lowest BCUT2D eigenvalue weighted by atomic mass is 10.0. The lowest BCUT2D eigenvalue weighted by molar-refractivity contribution is -0.207. The van der Waals surface area contributed by atoms with Gasteiger partial charge in [0.05, 0.1) is 45.6 Å². The summed E-state index contributed by atoms with van der Waals surface area (Å²) in [6, 6.07) is 54.6. The number of ether oxygens (including phenoxy) is 10. The Bertz CT molecular complexity index is 3170. The summed E-state index contributed by atoms with van der Waals surface area (Å²) in [6.45, 7) is -1.53. The molecular formula is C61H50O18. The molecule has 402 valence electrons. The van der Waals surface area contributed by atoms with Gasteiger partial charge in [-0.25, -0.2) is 33.6 Å². The first-order valence-corrected chi connectivity index (χ1v) is 24.9. The Balaban J connectivity index is 1.10. The van der Waals surface area contributed by atoms with Crippen LogP contribution in [0.1, 0.15) is 72.5 Å². The first-order valence-electron chi connectivity index (χ1n) is 24.9. The van der Waals surface area contributed by atoms with Gasteiger partial charge in [0.2, 0.25) is 0 Å². The highest BCUT2D eigenvalue weighted by Gasteiger charge is 2.57. The molecule has 2 fully saturated rings. The first kappa shape index (κ1) is 54.5. The molecule has 1 unspecified atom stereocenters. The number of rotatable bonds is 20. The van der Waals surface area contributed by atoms with Gasteiger partial charge in [-0.2, -0.15) is 0 Å². The highest BCUT2D eigenvalue weighted by molar-refractivity contribution is 5.93. The van der Waals surface area contributed by atoms with E-state index in [4.69, 9.17) is 47.4 Å². The minimum atomic E-state index is -2.00. The molecule has 10 atom stereocenters. The number of carbonyl (C=O) groups is 7. The fourth-order valence-corrected chi connectivity index (χ4v) is 8.59. The lowest BCUT2D eigenvalue weighted by Crippen LogP contribution is -2.48. The van der Waals surface area contributed by atoms with Gasteiger partial charge in [-0.15, -0.1) is 0 Å². The quantitative estimate of drug-likeness (QED) is 0.0570. The molecule has 18 nitrogen and oxygen atoms in total. The second kappa shape index (κ2) is 26.1. The molecule has 0 radical (unpaired) electrons. The van der Waals surface area contributed by atoms with Crippen molar-refractivity contribution in [1.29, 1.82) is 0 Å². The molecule has 0 amide bonds. The minimum absolute atomic E-state index is 0.0452. The van der Waals surface area contributed by atoms with Crippen molar-refractivity contribution >= 4 is 41.8 Å². The molecule has 7 aromatic rings. The third kappa shape index (κ3) is 13.8.